The number of aryl methyl sites for hydroxylation is 2. The number of hydrogen-bond donors (Lipinski definition) is 2. The summed E-state index contributed by atoms with van der Waals surface area (Å²) in [5.74, 6) is -0.314. The molecule has 10 nitrogen and oxygen atoms in total. The highest BCUT2D eigenvalue weighted by Crippen LogP contribution is 2.25. The van der Waals surface area contributed by atoms with Crippen LogP contribution in [-0.4, -0.2) is 34.7 Å². The van der Waals surface area contributed by atoms with Gasteiger partial charge < -0.3 is 13.9 Å². The van der Waals surface area contributed by atoms with Crippen molar-refractivity contribution in [3.05, 3.63) is 39.2 Å². The fourth-order valence-corrected chi connectivity index (χ4v) is 3.56. The van der Waals surface area contributed by atoms with Gasteiger partial charge in [-0.25, -0.2) is 14.6 Å². The van der Waals surface area contributed by atoms with E-state index in [1.54, 1.807) is 45.2 Å². The Hall–Kier alpha value is -3.47. The van der Waals surface area contributed by atoms with Crippen LogP contribution < -0.4 is 16.3 Å². The minimum Gasteiger partial charge on any atom is -0.469 e. The van der Waals surface area contributed by atoms with Crippen molar-refractivity contribution in [1.82, 2.24) is 9.97 Å². The van der Waals surface area contributed by atoms with Gasteiger partial charge in [-0.3, -0.25) is 15.4 Å². The minimum absolute atomic E-state index is 0.0105. The number of thiazole rings is 1. The number of nitrogens with zero attached hydrogens (tertiary/aromatic N) is 2. The Bertz CT molecular complexity index is 1210. The Morgan fingerprint density at radius 2 is 1.97 bits per heavy atom. The lowest BCUT2D eigenvalue weighted by Gasteiger charge is -2.20. The van der Waals surface area contributed by atoms with Gasteiger partial charge in [0, 0.05) is 17.5 Å². The summed E-state index contributed by atoms with van der Waals surface area (Å²) in [5, 5.41) is 8.03. The molecule has 0 aliphatic rings. The molecule has 0 bridgehead atoms. The predicted octanol–water partition coefficient (Wildman–Crippen LogP) is 4.15. The number of anilines is 3. The lowest BCUT2D eigenvalue weighted by atomic mass is 10.1. The van der Waals surface area contributed by atoms with Crippen LogP contribution in [0.3, 0.4) is 0 Å². The Balaban J connectivity index is 1.79. The molecule has 0 saturated carbocycles. The van der Waals surface area contributed by atoms with Crippen LogP contribution in [0.25, 0.3) is 10.9 Å². The largest absolute Gasteiger partial charge is 0.469 e. The number of carbonyl (C=O) groups is 2. The predicted molar refractivity (Wildman–Crippen MR) is 121 cm³/mol. The number of nitrogens with one attached hydrogen (secondary N) is 2. The highest BCUT2D eigenvalue weighted by Gasteiger charge is 2.19. The molecule has 0 spiro atoms. The molecule has 1 aromatic carbocycles. The number of ether oxygens (including phenoxy) is 2. The molecule has 0 saturated heterocycles. The van der Waals surface area contributed by atoms with Crippen LogP contribution in [0, 0.1) is 6.92 Å². The third-order valence-electron chi connectivity index (χ3n) is 4.27. The number of fused-ring (bicyclic) bond motifs is 1. The summed E-state index contributed by atoms with van der Waals surface area (Å²) < 4.78 is 15.2. The second-order valence-electron chi connectivity index (χ2n) is 7.91. The van der Waals surface area contributed by atoms with E-state index in [1.807, 2.05) is 0 Å². The number of amides is 1. The SMILES string of the molecule is COC(=O)CCc1csc(Nc2nc3ccc(NC(=O)OC(C)(C)C)c(C)c3c(=O)o2)n1. The van der Waals surface area contributed by atoms with Gasteiger partial charge in [-0.2, -0.15) is 4.98 Å². The molecule has 170 valence electrons. The number of rotatable bonds is 6. The average molecular weight is 461 g/mol. The van der Waals surface area contributed by atoms with Crippen molar-refractivity contribution in [2.45, 2.75) is 46.1 Å². The quantitative estimate of drug-likeness (QED) is 0.520. The molecule has 2 aromatic heterocycles. The summed E-state index contributed by atoms with van der Waals surface area (Å²) in [6, 6.07) is 3.25. The average Bonchev–Trinajstić information content (AvgIpc) is 3.13. The van der Waals surface area contributed by atoms with Crippen molar-refractivity contribution < 1.29 is 23.5 Å². The minimum atomic E-state index is -0.648. The van der Waals surface area contributed by atoms with Gasteiger partial charge in [0.15, 0.2) is 5.13 Å². The first-order chi connectivity index (χ1) is 15.1. The molecule has 3 rings (SSSR count). The summed E-state index contributed by atoms with van der Waals surface area (Å²) in [4.78, 5) is 44.7. The van der Waals surface area contributed by atoms with Crippen LogP contribution >= 0.6 is 11.3 Å². The molecule has 0 radical (unpaired) electrons. The first-order valence-corrected chi connectivity index (χ1v) is 10.7. The molecule has 32 heavy (non-hydrogen) atoms. The Labute approximate surface area is 188 Å². The van der Waals surface area contributed by atoms with E-state index in [-0.39, 0.29) is 23.8 Å². The molecule has 2 heterocycles. The zero-order valence-electron chi connectivity index (χ0n) is 18.4. The Morgan fingerprint density at radius 1 is 1.22 bits per heavy atom. The zero-order chi connectivity index (χ0) is 23.5. The van der Waals surface area contributed by atoms with Gasteiger partial charge >= 0.3 is 23.7 Å². The smallest absolute Gasteiger partial charge is 0.412 e. The first kappa shape index (κ1) is 23.2. The summed E-state index contributed by atoms with van der Waals surface area (Å²) in [7, 11) is 1.34. The van der Waals surface area contributed by atoms with Crippen molar-refractivity contribution in [3.63, 3.8) is 0 Å². The summed E-state index contributed by atoms with van der Waals surface area (Å²) in [6.07, 6.45) is 0.0384. The monoisotopic (exact) mass is 460 g/mol. The molecule has 2 N–H and O–H groups in total. The van der Waals surface area contributed by atoms with Crippen molar-refractivity contribution in [2.75, 3.05) is 17.7 Å². The lowest BCUT2D eigenvalue weighted by Crippen LogP contribution is -2.27. The standard InChI is InChI=1S/C21H24N4O6S/c1-11-13(24-20(28)31-21(2,3)4)7-8-14-16(11)17(27)30-18(23-14)25-19-22-12(10-32-19)6-9-15(26)29-5/h7-8,10H,6,9H2,1-5H3,(H,24,28)(H,22,23,25). The fourth-order valence-electron chi connectivity index (χ4n) is 2.82. The van der Waals surface area contributed by atoms with Gasteiger partial charge in [0.25, 0.3) is 0 Å². The van der Waals surface area contributed by atoms with E-state index in [0.29, 0.717) is 34.0 Å². The molecule has 1 amide bonds. The number of benzene rings is 1. The topological polar surface area (TPSA) is 133 Å². The summed E-state index contributed by atoms with van der Waals surface area (Å²) in [6.45, 7) is 6.97. The fraction of sp³-hybridized carbons (Fsp3) is 0.381. The third kappa shape index (κ3) is 5.82. The van der Waals surface area contributed by atoms with Crippen molar-refractivity contribution >= 4 is 51.1 Å². The van der Waals surface area contributed by atoms with E-state index in [2.05, 4.69) is 25.3 Å². The van der Waals surface area contributed by atoms with Crippen LogP contribution in [0.15, 0.2) is 26.7 Å². The van der Waals surface area contributed by atoms with Crippen molar-refractivity contribution in [3.8, 4) is 0 Å². The van der Waals surface area contributed by atoms with Crippen LogP contribution in [0.2, 0.25) is 0 Å². The van der Waals surface area contributed by atoms with E-state index < -0.39 is 17.3 Å². The van der Waals surface area contributed by atoms with E-state index in [1.165, 1.54) is 18.4 Å². The third-order valence-corrected chi connectivity index (χ3v) is 5.08. The maximum Gasteiger partial charge on any atom is 0.412 e. The van der Waals surface area contributed by atoms with Gasteiger partial charge in [0.1, 0.15) is 5.60 Å². The van der Waals surface area contributed by atoms with Crippen LogP contribution in [0.1, 0.15) is 38.4 Å². The van der Waals surface area contributed by atoms with E-state index in [9.17, 15) is 14.4 Å². The second-order valence-corrected chi connectivity index (χ2v) is 8.77. The highest BCUT2D eigenvalue weighted by molar-refractivity contribution is 7.13. The Kier molecular flexibility index (Phi) is 6.78. The molecule has 0 fully saturated rings. The van der Waals surface area contributed by atoms with E-state index >= 15 is 0 Å². The van der Waals surface area contributed by atoms with Gasteiger partial charge in [0.2, 0.25) is 0 Å². The molecular weight excluding hydrogens is 436 g/mol. The van der Waals surface area contributed by atoms with Gasteiger partial charge in [-0.1, -0.05) is 0 Å². The van der Waals surface area contributed by atoms with E-state index in [4.69, 9.17) is 9.15 Å². The summed E-state index contributed by atoms with van der Waals surface area (Å²) in [5.41, 5.74) is 0.797. The van der Waals surface area contributed by atoms with Gasteiger partial charge in [0.05, 0.1) is 30.1 Å². The number of carbonyl (C=O) groups excluding carboxylic acids is 2. The second kappa shape index (κ2) is 9.35. The number of aromatic nitrogens is 2. The molecular formula is C21H24N4O6S. The highest BCUT2D eigenvalue weighted by atomic mass is 32.1. The van der Waals surface area contributed by atoms with Crippen LogP contribution in [0.4, 0.5) is 21.6 Å². The maximum absolute atomic E-state index is 12.6. The number of methoxy groups -OCH3 is 1. The normalized spacial score (nSPS) is 11.3. The molecule has 3 aromatic rings. The van der Waals surface area contributed by atoms with Crippen molar-refractivity contribution in [1.29, 1.82) is 0 Å². The van der Waals surface area contributed by atoms with Crippen LogP contribution in [-0.2, 0) is 20.7 Å². The number of esters is 1. The molecule has 0 unspecified atom stereocenters. The molecule has 0 aliphatic heterocycles. The Morgan fingerprint density at radius 3 is 2.66 bits per heavy atom. The molecule has 0 atom stereocenters. The van der Waals surface area contributed by atoms with Gasteiger partial charge in [-0.05, 0) is 45.4 Å². The molecule has 0 aliphatic carbocycles. The lowest BCUT2D eigenvalue weighted by molar-refractivity contribution is -0.140. The van der Waals surface area contributed by atoms with E-state index in [0.717, 1.165) is 0 Å². The maximum atomic E-state index is 12.6. The molecule has 11 heteroatoms. The number of hydrogen-bond acceptors (Lipinski definition) is 10. The van der Waals surface area contributed by atoms with Gasteiger partial charge in [-0.15, -0.1) is 11.3 Å². The first-order valence-electron chi connectivity index (χ1n) is 9.78. The van der Waals surface area contributed by atoms with Crippen molar-refractivity contribution in [2.24, 2.45) is 0 Å². The summed E-state index contributed by atoms with van der Waals surface area (Å²) >= 11 is 1.29. The zero-order valence-corrected chi connectivity index (χ0v) is 19.2. The van der Waals surface area contributed by atoms with Crippen LogP contribution in [0.5, 0.6) is 0 Å².